The highest BCUT2D eigenvalue weighted by molar-refractivity contribution is 6.11. The van der Waals surface area contributed by atoms with Crippen molar-refractivity contribution < 1.29 is 14.3 Å². The highest BCUT2D eigenvalue weighted by Crippen LogP contribution is 2.41. The van der Waals surface area contributed by atoms with Gasteiger partial charge in [0.05, 0.1) is 11.7 Å². The van der Waals surface area contributed by atoms with Crippen LogP contribution in [0, 0.1) is 0 Å². The normalized spacial score (nSPS) is 19.2. The lowest BCUT2D eigenvalue weighted by Gasteiger charge is -2.36. The van der Waals surface area contributed by atoms with Crippen LogP contribution in [0.5, 0.6) is 5.75 Å². The number of anilines is 1. The third-order valence-corrected chi connectivity index (χ3v) is 5.27. The summed E-state index contributed by atoms with van der Waals surface area (Å²) in [5, 5.41) is 2.75. The maximum Gasteiger partial charge on any atom is 0.257 e. The Bertz CT molecular complexity index is 843. The number of nitrogens with zero attached hydrogens (tertiary/aromatic N) is 2. The van der Waals surface area contributed by atoms with Crippen LogP contribution >= 0.6 is 0 Å². The van der Waals surface area contributed by atoms with Gasteiger partial charge in [-0.3, -0.25) is 14.6 Å². The monoisotopic (exact) mass is 398 g/mol. The molecule has 3 N–H and O–H groups in total. The Kier molecular flexibility index (Phi) is 6.56. The molecule has 0 radical (unpaired) electrons. The lowest BCUT2D eigenvalue weighted by Crippen LogP contribution is -2.41. The molecule has 1 fully saturated rings. The van der Waals surface area contributed by atoms with E-state index in [1.54, 1.807) is 18.0 Å². The minimum Gasteiger partial charge on any atom is -0.483 e. The van der Waals surface area contributed by atoms with Crippen molar-refractivity contribution in [2.75, 3.05) is 18.1 Å². The van der Waals surface area contributed by atoms with E-state index in [4.69, 9.17) is 10.5 Å². The molecule has 2 amide bonds. The Labute approximate surface area is 172 Å². The van der Waals surface area contributed by atoms with Gasteiger partial charge in [-0.2, -0.15) is 0 Å². The SMILES string of the molecule is CCNC(=O)COc1c(C(C=NC2CC2)=CN)ccc2c1CCC(C)N2C(C)=O. The van der Waals surface area contributed by atoms with Crippen molar-refractivity contribution in [3.63, 3.8) is 0 Å². The summed E-state index contributed by atoms with van der Waals surface area (Å²) in [6, 6.07) is 4.33. The van der Waals surface area contributed by atoms with E-state index in [0.29, 0.717) is 18.3 Å². The van der Waals surface area contributed by atoms with Crippen molar-refractivity contribution in [3.05, 3.63) is 29.5 Å². The summed E-state index contributed by atoms with van der Waals surface area (Å²) in [5.74, 6) is 0.408. The van der Waals surface area contributed by atoms with Crippen molar-refractivity contribution in [1.29, 1.82) is 0 Å². The van der Waals surface area contributed by atoms with Gasteiger partial charge in [-0.25, -0.2) is 0 Å². The van der Waals surface area contributed by atoms with Crippen molar-refractivity contribution in [1.82, 2.24) is 5.32 Å². The fourth-order valence-electron chi connectivity index (χ4n) is 3.67. The maximum atomic E-state index is 12.3. The first-order valence-corrected chi connectivity index (χ1v) is 10.3. The zero-order valence-electron chi connectivity index (χ0n) is 17.4. The molecule has 1 heterocycles. The first kappa shape index (κ1) is 20.9. The minimum absolute atomic E-state index is 0.00855. The molecular formula is C22H30N4O3. The van der Waals surface area contributed by atoms with Gasteiger partial charge in [0.2, 0.25) is 5.91 Å². The third-order valence-electron chi connectivity index (χ3n) is 5.27. The Morgan fingerprint density at radius 2 is 2.10 bits per heavy atom. The molecule has 0 aromatic heterocycles. The Hall–Kier alpha value is -2.83. The lowest BCUT2D eigenvalue weighted by atomic mass is 9.92. The van der Waals surface area contributed by atoms with E-state index in [2.05, 4.69) is 10.3 Å². The van der Waals surface area contributed by atoms with Gasteiger partial charge in [0.1, 0.15) is 5.75 Å². The standard InChI is InChI=1S/C22H30N4O3/c1-4-24-21(28)13-29-22-18(16(11-23)12-25-17-6-7-17)9-10-20-19(22)8-5-14(2)26(20)15(3)27/h9-12,14,17H,4-8,13,23H2,1-3H3,(H,24,28). The van der Waals surface area contributed by atoms with E-state index < -0.39 is 0 Å². The minimum atomic E-state index is -0.186. The Balaban J connectivity index is 2.03. The van der Waals surface area contributed by atoms with Gasteiger partial charge in [0.15, 0.2) is 6.61 Å². The van der Waals surface area contributed by atoms with Crippen molar-refractivity contribution in [2.45, 2.75) is 58.5 Å². The van der Waals surface area contributed by atoms with E-state index in [1.165, 1.54) is 6.20 Å². The third kappa shape index (κ3) is 4.78. The first-order chi connectivity index (χ1) is 14.0. The van der Waals surface area contributed by atoms with Crippen molar-refractivity contribution in [3.8, 4) is 5.75 Å². The molecule has 0 bridgehead atoms. The maximum absolute atomic E-state index is 12.3. The summed E-state index contributed by atoms with van der Waals surface area (Å²) in [6.07, 6.45) is 7.09. The smallest absolute Gasteiger partial charge is 0.257 e. The summed E-state index contributed by atoms with van der Waals surface area (Å²) >= 11 is 0. The van der Waals surface area contributed by atoms with E-state index in [1.807, 2.05) is 26.0 Å². The number of aliphatic imine (C=N–C) groups is 1. The van der Waals surface area contributed by atoms with Gasteiger partial charge in [0, 0.05) is 48.6 Å². The molecule has 1 saturated carbocycles. The van der Waals surface area contributed by atoms with Gasteiger partial charge < -0.3 is 20.7 Å². The molecule has 1 aliphatic heterocycles. The summed E-state index contributed by atoms with van der Waals surface area (Å²) in [7, 11) is 0. The number of fused-ring (bicyclic) bond motifs is 1. The van der Waals surface area contributed by atoms with Crippen LogP contribution in [0.25, 0.3) is 5.57 Å². The topological polar surface area (TPSA) is 97.0 Å². The predicted octanol–water partition coefficient (Wildman–Crippen LogP) is 2.42. The molecule has 1 atom stereocenters. The number of likely N-dealkylation sites (N-methyl/N-ethyl adjacent to an activating group) is 1. The molecule has 0 spiro atoms. The Morgan fingerprint density at radius 1 is 1.34 bits per heavy atom. The van der Waals surface area contributed by atoms with Crippen LogP contribution in [0.3, 0.4) is 0 Å². The summed E-state index contributed by atoms with van der Waals surface area (Å²) in [6.45, 7) is 5.93. The second-order valence-corrected chi connectivity index (χ2v) is 7.59. The molecule has 0 saturated heterocycles. The van der Waals surface area contributed by atoms with Crippen LogP contribution in [-0.4, -0.2) is 43.3 Å². The van der Waals surface area contributed by atoms with Crippen LogP contribution in [0.2, 0.25) is 0 Å². The van der Waals surface area contributed by atoms with Gasteiger partial charge >= 0.3 is 0 Å². The lowest BCUT2D eigenvalue weighted by molar-refractivity contribution is -0.123. The second kappa shape index (κ2) is 9.11. The zero-order chi connectivity index (χ0) is 21.0. The number of rotatable bonds is 7. The average molecular weight is 399 g/mol. The molecule has 1 unspecified atom stereocenters. The molecule has 1 aromatic carbocycles. The van der Waals surface area contributed by atoms with Crippen LogP contribution in [0.1, 0.15) is 51.2 Å². The highest BCUT2D eigenvalue weighted by atomic mass is 16.5. The number of hydrogen-bond donors (Lipinski definition) is 2. The summed E-state index contributed by atoms with van der Waals surface area (Å²) in [4.78, 5) is 30.6. The quantitative estimate of drug-likeness (QED) is 0.689. The van der Waals surface area contributed by atoms with Crippen LogP contribution in [0.15, 0.2) is 23.3 Å². The number of amides is 2. The molecule has 7 nitrogen and oxygen atoms in total. The number of allylic oxidation sites excluding steroid dienone is 1. The molecule has 3 rings (SSSR count). The number of carbonyl (C=O) groups is 2. The predicted molar refractivity (Wildman–Crippen MR) is 115 cm³/mol. The number of carbonyl (C=O) groups excluding carboxylic acids is 2. The van der Waals surface area contributed by atoms with Gasteiger partial charge in [0.25, 0.3) is 5.91 Å². The second-order valence-electron chi connectivity index (χ2n) is 7.59. The molecular weight excluding hydrogens is 368 g/mol. The molecule has 7 heteroatoms. The number of nitrogens with two attached hydrogens (primary N) is 1. The molecule has 1 aromatic rings. The van der Waals surface area contributed by atoms with Crippen molar-refractivity contribution >= 4 is 29.3 Å². The van der Waals surface area contributed by atoms with Gasteiger partial charge in [-0.05, 0) is 51.7 Å². The van der Waals surface area contributed by atoms with E-state index in [-0.39, 0.29) is 24.5 Å². The van der Waals surface area contributed by atoms with E-state index in [0.717, 1.165) is 48.1 Å². The number of benzene rings is 1. The van der Waals surface area contributed by atoms with Crippen LogP contribution in [-0.2, 0) is 16.0 Å². The Morgan fingerprint density at radius 3 is 2.72 bits per heavy atom. The van der Waals surface area contributed by atoms with Crippen molar-refractivity contribution in [2.24, 2.45) is 10.7 Å². The van der Waals surface area contributed by atoms with Crippen LogP contribution in [0.4, 0.5) is 5.69 Å². The zero-order valence-corrected chi connectivity index (χ0v) is 17.4. The van der Waals surface area contributed by atoms with Crippen LogP contribution < -0.4 is 20.7 Å². The van der Waals surface area contributed by atoms with Gasteiger partial charge in [-0.15, -0.1) is 0 Å². The molecule has 2 aliphatic rings. The fourth-order valence-corrected chi connectivity index (χ4v) is 3.67. The molecule has 29 heavy (non-hydrogen) atoms. The molecule has 1 aliphatic carbocycles. The first-order valence-electron chi connectivity index (χ1n) is 10.3. The van der Waals surface area contributed by atoms with Gasteiger partial charge in [-0.1, -0.05) is 0 Å². The number of hydrogen-bond acceptors (Lipinski definition) is 5. The summed E-state index contributed by atoms with van der Waals surface area (Å²) < 4.78 is 6.01. The molecule has 156 valence electrons. The fraction of sp³-hybridized carbons (Fsp3) is 0.500. The largest absolute Gasteiger partial charge is 0.483 e. The number of nitrogens with one attached hydrogen (secondary N) is 1. The van der Waals surface area contributed by atoms with E-state index >= 15 is 0 Å². The van der Waals surface area contributed by atoms with E-state index in [9.17, 15) is 9.59 Å². The number of ether oxygens (including phenoxy) is 1. The highest BCUT2D eigenvalue weighted by Gasteiger charge is 2.30. The summed E-state index contributed by atoms with van der Waals surface area (Å²) in [5.41, 5.74) is 9.21. The average Bonchev–Trinajstić information content (AvgIpc) is 3.51.